The molecule has 2 N–H and O–H groups in total. The van der Waals surface area contributed by atoms with Crippen molar-refractivity contribution in [2.75, 3.05) is 43.0 Å². The number of halogens is 3. The quantitative estimate of drug-likeness (QED) is 0.257. The number of nitrogens with zero attached hydrogens (tertiary/aromatic N) is 6. The molecule has 3 saturated heterocycles. The Morgan fingerprint density at radius 1 is 1.07 bits per heavy atom. The summed E-state index contributed by atoms with van der Waals surface area (Å²) in [5.41, 5.74) is -1.62. The summed E-state index contributed by atoms with van der Waals surface area (Å²) in [4.78, 5) is 62.1. The Morgan fingerprint density at radius 3 is 2.38 bits per heavy atom. The van der Waals surface area contributed by atoms with Crippen molar-refractivity contribution in [3.8, 4) is 6.07 Å². The van der Waals surface area contributed by atoms with E-state index in [1.807, 2.05) is 4.90 Å². The van der Waals surface area contributed by atoms with Gasteiger partial charge in [0.1, 0.15) is 5.54 Å². The van der Waals surface area contributed by atoms with Crippen molar-refractivity contribution in [2.24, 2.45) is 0 Å². The molecule has 1 unspecified atom stereocenters. The van der Waals surface area contributed by atoms with Gasteiger partial charge in [-0.1, -0.05) is 0 Å². The zero-order valence-corrected chi connectivity index (χ0v) is 32.7. The van der Waals surface area contributed by atoms with Crippen molar-refractivity contribution in [1.29, 1.82) is 5.26 Å². The number of piperazine rings is 1. The van der Waals surface area contributed by atoms with Crippen molar-refractivity contribution in [2.45, 2.75) is 108 Å². The summed E-state index contributed by atoms with van der Waals surface area (Å²) in [7, 11) is 0. The molecule has 4 heterocycles. The van der Waals surface area contributed by atoms with E-state index in [-0.39, 0.29) is 65.7 Å². The van der Waals surface area contributed by atoms with Crippen LogP contribution in [0.15, 0.2) is 36.5 Å². The number of nitriles is 1. The number of thiocarbonyl (C=S) groups is 1. The lowest BCUT2D eigenvalue weighted by atomic mass is 9.89. The monoisotopic (exact) mass is 796 g/mol. The fourth-order valence-electron chi connectivity index (χ4n) is 8.46. The lowest BCUT2D eigenvalue weighted by Gasteiger charge is -2.44. The van der Waals surface area contributed by atoms with Crippen molar-refractivity contribution in [1.82, 2.24) is 25.0 Å². The molecule has 13 nitrogen and oxygen atoms in total. The first-order valence-corrected chi connectivity index (χ1v) is 19.4. The van der Waals surface area contributed by atoms with Crippen molar-refractivity contribution < 1.29 is 37.1 Å². The summed E-state index contributed by atoms with van der Waals surface area (Å²) < 4.78 is 47.5. The summed E-state index contributed by atoms with van der Waals surface area (Å²) in [5, 5.41) is 14.6. The largest absolute Gasteiger partial charge is 0.417 e. The molecular weight excluding hydrogens is 750 g/mol. The minimum atomic E-state index is -4.76. The van der Waals surface area contributed by atoms with E-state index in [0.29, 0.717) is 37.3 Å². The maximum atomic E-state index is 13.7. The maximum Gasteiger partial charge on any atom is 0.417 e. The zero-order valence-electron chi connectivity index (χ0n) is 31.9. The van der Waals surface area contributed by atoms with Gasteiger partial charge in [0.05, 0.1) is 65.6 Å². The average Bonchev–Trinajstić information content (AvgIpc) is 3.32. The molecule has 6 rings (SSSR count). The van der Waals surface area contributed by atoms with Gasteiger partial charge in [0.15, 0.2) is 5.11 Å². The van der Waals surface area contributed by atoms with Crippen LogP contribution in [-0.2, 0) is 30.1 Å². The van der Waals surface area contributed by atoms with Gasteiger partial charge in [0.25, 0.3) is 5.91 Å². The van der Waals surface area contributed by atoms with Gasteiger partial charge >= 0.3 is 6.18 Å². The number of hydrogen-bond acceptors (Lipinski definition) is 10. The summed E-state index contributed by atoms with van der Waals surface area (Å²) in [6, 6.07) is 8.35. The van der Waals surface area contributed by atoms with E-state index in [1.54, 1.807) is 32.0 Å². The third-order valence-corrected chi connectivity index (χ3v) is 11.7. The number of carbonyl (C=O) groups excluding carboxylic acids is 4. The molecule has 0 radical (unpaired) electrons. The van der Waals surface area contributed by atoms with Gasteiger partial charge in [0, 0.05) is 44.2 Å². The minimum Gasteiger partial charge on any atom is -0.377 e. The highest BCUT2D eigenvalue weighted by atomic mass is 32.1. The Hall–Kier alpha value is -4.50. The molecule has 4 fully saturated rings. The van der Waals surface area contributed by atoms with Crippen LogP contribution in [0.3, 0.4) is 0 Å². The van der Waals surface area contributed by atoms with Gasteiger partial charge in [-0.15, -0.1) is 0 Å². The molecule has 3 aliphatic heterocycles. The Morgan fingerprint density at radius 2 is 1.77 bits per heavy atom. The number of imide groups is 1. The molecule has 1 aromatic carbocycles. The van der Waals surface area contributed by atoms with Crippen LogP contribution in [-0.4, -0.2) is 111 Å². The van der Waals surface area contributed by atoms with Crippen molar-refractivity contribution in [3.63, 3.8) is 0 Å². The van der Waals surface area contributed by atoms with Gasteiger partial charge in [-0.3, -0.25) is 44.2 Å². The van der Waals surface area contributed by atoms with Crippen LogP contribution in [0.2, 0.25) is 0 Å². The number of amides is 4. The van der Waals surface area contributed by atoms with Gasteiger partial charge in [-0.05, 0) is 102 Å². The van der Waals surface area contributed by atoms with Crippen LogP contribution < -0.4 is 15.5 Å². The van der Waals surface area contributed by atoms with Crippen LogP contribution in [0.5, 0.6) is 0 Å². The predicted molar refractivity (Wildman–Crippen MR) is 204 cm³/mol. The number of carbonyl (C=O) groups is 4. The number of benzene rings is 1. The highest BCUT2D eigenvalue weighted by molar-refractivity contribution is 7.80. The molecule has 300 valence electrons. The first-order chi connectivity index (χ1) is 26.5. The number of hydrogen-bond donors (Lipinski definition) is 2. The number of nitrogens with one attached hydrogen (secondary N) is 2. The highest BCUT2D eigenvalue weighted by Crippen LogP contribution is 2.40. The number of rotatable bonds is 10. The molecule has 56 heavy (non-hydrogen) atoms. The SMILES string of the molecule is C[C@@H]1CN(CCO[C@H]2CC[C@H](N3C(=S)N(c4ccc(C#N)c(C(F)(F)F)c4)C(=O)C3(C)C)CC2)C[C@H](C)N1CC(=O)Nc1ccc(C2CCC(=O)NC2=O)nc1. The molecule has 4 aliphatic rings. The highest BCUT2D eigenvalue weighted by Gasteiger charge is 2.52. The minimum absolute atomic E-state index is 0.0140. The zero-order chi connectivity index (χ0) is 40.5. The summed E-state index contributed by atoms with van der Waals surface area (Å²) in [6.45, 7) is 10.7. The van der Waals surface area contributed by atoms with E-state index < -0.39 is 34.7 Å². The standard InChI is InChI=1S/C39H47F3N8O5S/c1-23-20-47(21-24(2)48(23)22-34(52)45-26-6-13-32(44-19-26)30-12-14-33(51)46-35(30)53)15-16-55-29-10-8-27(9-11-29)50-37(56)49(36(54)38(50,3)4)28-7-5-25(18-43)31(17-28)39(40,41)42/h5-7,13,17,19,23-24,27,29-30H,8-12,14-16,20-22H2,1-4H3,(H,45,52)(H,46,51,53)/t23-,24+,27-,29-,30?. The van der Waals surface area contributed by atoms with Crippen molar-refractivity contribution in [3.05, 3.63) is 53.3 Å². The molecule has 2 aromatic rings. The lowest BCUT2D eigenvalue weighted by Crippen LogP contribution is -2.58. The van der Waals surface area contributed by atoms with Crippen molar-refractivity contribution >= 4 is 52.3 Å². The summed E-state index contributed by atoms with van der Waals surface area (Å²) in [6.07, 6.45) is 0.350. The van der Waals surface area contributed by atoms with E-state index in [4.69, 9.17) is 17.0 Å². The van der Waals surface area contributed by atoms with Crippen LogP contribution in [0.25, 0.3) is 0 Å². The third-order valence-electron chi connectivity index (χ3n) is 11.4. The lowest BCUT2D eigenvalue weighted by molar-refractivity contribution is -0.138. The van der Waals surface area contributed by atoms with Crippen LogP contribution >= 0.6 is 12.2 Å². The number of aromatic nitrogens is 1. The fourth-order valence-corrected chi connectivity index (χ4v) is 9.03. The van der Waals surface area contributed by atoms with Crippen LogP contribution in [0.4, 0.5) is 24.5 Å². The second-order valence-corrected chi connectivity index (χ2v) is 16.0. The fraction of sp³-hybridized carbons (Fsp3) is 0.564. The summed E-state index contributed by atoms with van der Waals surface area (Å²) in [5.74, 6) is -1.71. The Balaban J connectivity index is 0.942. The summed E-state index contributed by atoms with van der Waals surface area (Å²) >= 11 is 5.73. The Kier molecular flexibility index (Phi) is 12.1. The van der Waals surface area contributed by atoms with Gasteiger partial charge in [-0.25, -0.2) is 0 Å². The van der Waals surface area contributed by atoms with E-state index in [9.17, 15) is 37.6 Å². The number of alkyl halides is 3. The first kappa shape index (κ1) is 41.1. The third kappa shape index (κ3) is 8.73. The van der Waals surface area contributed by atoms with Gasteiger partial charge < -0.3 is 15.0 Å². The topological polar surface area (TPSA) is 151 Å². The van der Waals surface area contributed by atoms with E-state index in [1.165, 1.54) is 12.3 Å². The molecule has 1 aromatic heterocycles. The number of piperidine rings is 1. The molecule has 1 saturated carbocycles. The molecule has 3 atom stereocenters. The van der Waals surface area contributed by atoms with Crippen LogP contribution in [0, 0.1) is 11.3 Å². The maximum absolute atomic E-state index is 13.7. The van der Waals surface area contributed by atoms with E-state index in [2.05, 4.69) is 39.3 Å². The first-order valence-electron chi connectivity index (χ1n) is 19.0. The second kappa shape index (κ2) is 16.5. The molecule has 4 amide bonds. The number of anilines is 2. The molecule has 0 bridgehead atoms. The molecular formula is C39H47F3N8O5S. The van der Waals surface area contributed by atoms with E-state index >= 15 is 0 Å². The Bertz CT molecular complexity index is 1880. The smallest absolute Gasteiger partial charge is 0.377 e. The predicted octanol–water partition coefficient (Wildman–Crippen LogP) is 4.57. The number of pyridine rings is 1. The van der Waals surface area contributed by atoms with Gasteiger partial charge in [-0.2, -0.15) is 18.4 Å². The van der Waals surface area contributed by atoms with Crippen LogP contribution in [0.1, 0.15) is 89.0 Å². The van der Waals surface area contributed by atoms with Gasteiger partial charge in [0.2, 0.25) is 17.7 Å². The van der Waals surface area contributed by atoms with E-state index in [0.717, 1.165) is 49.5 Å². The molecule has 17 heteroatoms. The number of ether oxygens (including phenoxy) is 1. The Labute approximate surface area is 329 Å². The average molecular weight is 797 g/mol. The second-order valence-electron chi connectivity index (χ2n) is 15.6. The molecule has 1 aliphatic carbocycles. The molecule has 0 spiro atoms. The normalized spacial score (nSPS) is 26.3.